The van der Waals surface area contributed by atoms with E-state index in [0.717, 1.165) is 5.56 Å². The van der Waals surface area contributed by atoms with E-state index < -0.39 is 24.6 Å². The Morgan fingerprint density at radius 1 is 1.04 bits per heavy atom. The Balaban J connectivity index is 3.57. The smallest absolute Gasteiger partial charge is 0.348 e. The highest BCUT2D eigenvalue weighted by atomic mass is 31.2. The van der Waals surface area contributed by atoms with Gasteiger partial charge in [0.2, 0.25) is 0 Å². The predicted molar refractivity (Wildman–Crippen MR) is 100.0 cm³/mol. The Hall–Kier alpha value is -1.16. The van der Waals surface area contributed by atoms with Gasteiger partial charge in [-0.05, 0) is 39.7 Å². The molecule has 0 unspecified atom stereocenters. The molecule has 6 heteroatoms. The van der Waals surface area contributed by atoms with Crippen LogP contribution in [-0.4, -0.2) is 30.4 Å². The second-order valence-corrected chi connectivity index (χ2v) is 8.51. The van der Waals surface area contributed by atoms with Crippen LogP contribution in [0.1, 0.15) is 59.4 Å². The van der Waals surface area contributed by atoms with Crippen molar-refractivity contribution in [2.24, 2.45) is 0 Å². The number of carbonyl (C=O) groups excluding carboxylic acids is 1. The van der Waals surface area contributed by atoms with Crippen LogP contribution in [0.5, 0.6) is 0 Å². The molecule has 0 amide bonds. The van der Waals surface area contributed by atoms with Gasteiger partial charge in [0.25, 0.3) is 0 Å². The lowest BCUT2D eigenvalue weighted by atomic mass is 9.84. The molecule has 2 atom stereocenters. The summed E-state index contributed by atoms with van der Waals surface area (Å²) >= 11 is 0. The summed E-state index contributed by atoms with van der Waals surface area (Å²) in [6.07, 6.45) is -0.0376. The molecule has 0 spiro atoms. The number of hydrogen-bond donors (Lipinski definition) is 0. The van der Waals surface area contributed by atoms with Crippen molar-refractivity contribution in [3.63, 3.8) is 0 Å². The molecule has 0 fully saturated rings. The van der Waals surface area contributed by atoms with E-state index in [-0.39, 0.29) is 25.7 Å². The number of ether oxygens (including phenoxy) is 1. The van der Waals surface area contributed by atoms with Crippen LogP contribution in [0.3, 0.4) is 0 Å². The first-order valence-electron chi connectivity index (χ1n) is 8.94. The van der Waals surface area contributed by atoms with Crippen LogP contribution in [-0.2, 0) is 23.1 Å². The first kappa shape index (κ1) is 21.9. The standard InChI is InChI=1S/C19H31O5P/c1-7-19(18(20)24-15(4)5,25(21,22-8-2)23-9-3)16(6)17-13-11-10-12-14-17/h10-16H,7-9H2,1-6H3/t16-,19-/m1/s1. The fourth-order valence-electron chi connectivity index (χ4n) is 3.11. The minimum Gasteiger partial charge on any atom is -0.462 e. The van der Waals surface area contributed by atoms with E-state index in [0.29, 0.717) is 0 Å². The summed E-state index contributed by atoms with van der Waals surface area (Å²) in [6.45, 7) is 11.1. The number of hydrogen-bond acceptors (Lipinski definition) is 5. The molecule has 0 heterocycles. The Morgan fingerprint density at radius 3 is 1.96 bits per heavy atom. The second kappa shape index (κ2) is 9.51. The van der Waals surface area contributed by atoms with Gasteiger partial charge in [-0.2, -0.15) is 0 Å². The highest BCUT2D eigenvalue weighted by molar-refractivity contribution is 7.56. The van der Waals surface area contributed by atoms with Crippen LogP contribution in [0.15, 0.2) is 30.3 Å². The number of carbonyl (C=O) groups is 1. The van der Waals surface area contributed by atoms with Crippen molar-refractivity contribution in [3.05, 3.63) is 35.9 Å². The highest BCUT2D eigenvalue weighted by Crippen LogP contribution is 2.66. The van der Waals surface area contributed by atoms with Crippen LogP contribution in [0, 0.1) is 0 Å². The molecule has 5 nitrogen and oxygen atoms in total. The van der Waals surface area contributed by atoms with Gasteiger partial charge >= 0.3 is 13.6 Å². The molecule has 1 aromatic carbocycles. The van der Waals surface area contributed by atoms with Gasteiger partial charge in [-0.1, -0.05) is 44.2 Å². The molecule has 1 rings (SSSR count). The quantitative estimate of drug-likeness (QED) is 0.421. The summed E-state index contributed by atoms with van der Waals surface area (Å²) in [5, 5.41) is -1.40. The lowest BCUT2D eigenvalue weighted by Crippen LogP contribution is -2.46. The molecular weight excluding hydrogens is 339 g/mol. The van der Waals surface area contributed by atoms with Gasteiger partial charge in [0.05, 0.1) is 19.3 Å². The lowest BCUT2D eigenvalue weighted by Gasteiger charge is -2.40. The number of benzene rings is 1. The molecule has 0 aromatic heterocycles. The fraction of sp³-hybridized carbons (Fsp3) is 0.632. The first-order chi connectivity index (χ1) is 11.8. The monoisotopic (exact) mass is 370 g/mol. The summed E-state index contributed by atoms with van der Waals surface area (Å²) in [7, 11) is -3.77. The van der Waals surface area contributed by atoms with Crippen LogP contribution in [0.25, 0.3) is 0 Å². The third-order valence-corrected chi connectivity index (χ3v) is 7.40. The maximum absolute atomic E-state index is 13.8. The third kappa shape index (κ3) is 4.52. The first-order valence-corrected chi connectivity index (χ1v) is 10.5. The number of rotatable bonds is 10. The lowest BCUT2D eigenvalue weighted by molar-refractivity contribution is -0.152. The van der Waals surface area contributed by atoms with Gasteiger partial charge in [0.15, 0.2) is 5.16 Å². The van der Waals surface area contributed by atoms with Gasteiger partial charge in [-0.25, -0.2) is 0 Å². The van der Waals surface area contributed by atoms with Gasteiger partial charge in [0.1, 0.15) is 0 Å². The van der Waals surface area contributed by atoms with Crippen molar-refractivity contribution in [1.82, 2.24) is 0 Å². The topological polar surface area (TPSA) is 61.8 Å². The van der Waals surface area contributed by atoms with E-state index in [9.17, 15) is 9.36 Å². The van der Waals surface area contributed by atoms with E-state index in [1.807, 2.05) is 44.2 Å². The Labute approximate surface area is 151 Å². The normalized spacial score (nSPS) is 15.6. The van der Waals surface area contributed by atoms with Crippen LogP contribution in [0.4, 0.5) is 0 Å². The molecule has 0 N–H and O–H groups in total. The average molecular weight is 370 g/mol. The van der Waals surface area contributed by atoms with Crippen LogP contribution in [0.2, 0.25) is 0 Å². The Kier molecular flexibility index (Phi) is 8.33. The van der Waals surface area contributed by atoms with Crippen molar-refractivity contribution in [2.45, 2.75) is 65.1 Å². The zero-order chi connectivity index (χ0) is 19.1. The van der Waals surface area contributed by atoms with Crippen molar-refractivity contribution in [3.8, 4) is 0 Å². The average Bonchev–Trinajstić information content (AvgIpc) is 2.56. The Bertz CT molecular complexity index is 577. The molecule has 25 heavy (non-hydrogen) atoms. The number of esters is 1. The largest absolute Gasteiger partial charge is 0.462 e. The van der Waals surface area contributed by atoms with Gasteiger partial charge < -0.3 is 13.8 Å². The molecule has 0 radical (unpaired) electrons. The van der Waals surface area contributed by atoms with E-state index in [4.69, 9.17) is 13.8 Å². The predicted octanol–water partition coefficient (Wildman–Crippen LogP) is 5.16. The molecular formula is C19H31O5P. The minimum atomic E-state index is -3.77. The molecule has 0 saturated carbocycles. The maximum atomic E-state index is 13.8. The zero-order valence-electron chi connectivity index (χ0n) is 16.2. The summed E-state index contributed by atoms with van der Waals surface area (Å²) < 4.78 is 30.5. The summed E-state index contributed by atoms with van der Waals surface area (Å²) in [4.78, 5) is 13.2. The SMILES string of the molecule is CCOP(=O)(OCC)[C@@](CC)(C(=O)OC(C)C)[C@H](C)c1ccccc1. The summed E-state index contributed by atoms with van der Waals surface area (Å²) in [5.74, 6) is -0.930. The fourth-order valence-corrected chi connectivity index (χ4v) is 5.61. The molecule has 0 aliphatic heterocycles. The van der Waals surface area contributed by atoms with E-state index in [1.165, 1.54) is 0 Å². The Morgan fingerprint density at radius 2 is 1.56 bits per heavy atom. The molecule has 0 saturated heterocycles. The van der Waals surface area contributed by atoms with E-state index in [2.05, 4.69) is 0 Å². The van der Waals surface area contributed by atoms with Crippen LogP contribution < -0.4 is 0 Å². The van der Waals surface area contributed by atoms with Crippen molar-refractivity contribution in [2.75, 3.05) is 13.2 Å². The van der Waals surface area contributed by atoms with Gasteiger partial charge in [-0.15, -0.1) is 0 Å². The molecule has 0 aliphatic rings. The van der Waals surface area contributed by atoms with Crippen molar-refractivity contribution < 1.29 is 23.1 Å². The zero-order valence-corrected chi connectivity index (χ0v) is 17.0. The van der Waals surface area contributed by atoms with Gasteiger partial charge in [0, 0.05) is 5.92 Å². The summed E-state index contributed by atoms with van der Waals surface area (Å²) in [6, 6.07) is 9.53. The third-order valence-electron chi connectivity index (χ3n) is 4.34. The summed E-state index contributed by atoms with van der Waals surface area (Å²) in [5.41, 5.74) is 0.893. The van der Waals surface area contributed by atoms with E-state index >= 15 is 0 Å². The second-order valence-electron chi connectivity index (χ2n) is 6.20. The molecule has 142 valence electrons. The minimum absolute atomic E-state index is 0.190. The van der Waals surface area contributed by atoms with Crippen molar-refractivity contribution in [1.29, 1.82) is 0 Å². The van der Waals surface area contributed by atoms with Crippen LogP contribution >= 0.6 is 7.60 Å². The highest BCUT2D eigenvalue weighted by Gasteiger charge is 2.60. The van der Waals surface area contributed by atoms with E-state index in [1.54, 1.807) is 27.7 Å². The maximum Gasteiger partial charge on any atom is 0.348 e. The molecule has 0 aliphatic carbocycles. The van der Waals surface area contributed by atoms with Gasteiger partial charge in [-0.3, -0.25) is 9.36 Å². The molecule has 1 aromatic rings. The molecule has 0 bridgehead atoms. The van der Waals surface area contributed by atoms with Crippen molar-refractivity contribution >= 4 is 13.6 Å².